The fourth-order valence-electron chi connectivity index (χ4n) is 2.29. The summed E-state index contributed by atoms with van der Waals surface area (Å²) in [5.41, 5.74) is 0.979. The van der Waals surface area contributed by atoms with Gasteiger partial charge >= 0.3 is 0 Å². The molecule has 1 heterocycles. The average molecular weight is 508 g/mol. The quantitative estimate of drug-likeness (QED) is 0.354. The molecule has 26 heavy (non-hydrogen) atoms. The molecule has 0 aliphatic rings. The first kappa shape index (κ1) is 22.8. The second kappa shape index (κ2) is 10.8. The molecule has 0 spiro atoms. The number of benzene rings is 1. The molecule has 0 radical (unpaired) electrons. The van der Waals surface area contributed by atoms with Crippen LogP contribution in [-0.4, -0.2) is 50.2 Å². The van der Waals surface area contributed by atoms with Gasteiger partial charge in [0.2, 0.25) is 0 Å². The van der Waals surface area contributed by atoms with Gasteiger partial charge in [-0.15, -0.1) is 35.3 Å². The summed E-state index contributed by atoms with van der Waals surface area (Å²) in [7, 11) is -1.40. The predicted molar refractivity (Wildman–Crippen MR) is 118 cm³/mol. The van der Waals surface area contributed by atoms with E-state index in [1.807, 2.05) is 31.2 Å². The Labute approximate surface area is 176 Å². The van der Waals surface area contributed by atoms with Crippen molar-refractivity contribution in [2.24, 2.45) is 4.99 Å². The van der Waals surface area contributed by atoms with E-state index in [-0.39, 0.29) is 36.3 Å². The molecule has 0 aliphatic carbocycles. The SMILES string of the molecule is CCNC(=NCCS(=O)(=O)c1ccccc1)N(C)Cc1csc(C)n1.I. The number of nitrogens with one attached hydrogen (secondary N) is 1. The maximum atomic E-state index is 12.3. The molecule has 0 atom stereocenters. The van der Waals surface area contributed by atoms with Gasteiger partial charge in [-0.2, -0.15) is 0 Å². The molecule has 1 N–H and O–H groups in total. The number of guanidine groups is 1. The van der Waals surface area contributed by atoms with E-state index < -0.39 is 9.84 Å². The molecule has 1 aromatic carbocycles. The molecule has 0 aliphatic heterocycles. The summed E-state index contributed by atoms with van der Waals surface area (Å²) in [6.07, 6.45) is 0. The van der Waals surface area contributed by atoms with Crippen LogP contribution in [0.5, 0.6) is 0 Å². The van der Waals surface area contributed by atoms with Crippen molar-refractivity contribution in [1.82, 2.24) is 15.2 Å². The number of thiazole rings is 1. The number of aryl methyl sites for hydroxylation is 1. The summed E-state index contributed by atoms with van der Waals surface area (Å²) in [5, 5.41) is 6.24. The highest BCUT2D eigenvalue weighted by atomic mass is 127. The zero-order chi connectivity index (χ0) is 18.3. The first-order valence-corrected chi connectivity index (χ1v) is 10.6. The molecule has 9 heteroatoms. The molecule has 0 fully saturated rings. The van der Waals surface area contributed by atoms with Gasteiger partial charge in [-0.25, -0.2) is 13.4 Å². The van der Waals surface area contributed by atoms with Gasteiger partial charge in [-0.05, 0) is 26.0 Å². The Hall–Kier alpha value is -1.20. The van der Waals surface area contributed by atoms with Crippen LogP contribution in [-0.2, 0) is 16.4 Å². The number of halogens is 1. The van der Waals surface area contributed by atoms with Gasteiger partial charge in [0.25, 0.3) is 0 Å². The van der Waals surface area contributed by atoms with E-state index in [0.29, 0.717) is 23.9 Å². The monoisotopic (exact) mass is 508 g/mol. The largest absolute Gasteiger partial charge is 0.357 e. The molecular weight excluding hydrogens is 483 g/mol. The number of aliphatic imine (C=N–C) groups is 1. The molecule has 144 valence electrons. The third-order valence-electron chi connectivity index (χ3n) is 3.49. The van der Waals surface area contributed by atoms with E-state index in [2.05, 4.69) is 15.3 Å². The third-order valence-corrected chi connectivity index (χ3v) is 6.02. The second-order valence-electron chi connectivity index (χ2n) is 5.58. The Morgan fingerprint density at radius 1 is 1.31 bits per heavy atom. The van der Waals surface area contributed by atoms with Crippen molar-refractivity contribution in [3.05, 3.63) is 46.4 Å². The van der Waals surface area contributed by atoms with E-state index in [1.54, 1.807) is 41.7 Å². The molecule has 0 bridgehead atoms. The van der Waals surface area contributed by atoms with Crippen molar-refractivity contribution < 1.29 is 8.42 Å². The Balaban J connectivity index is 0.00000338. The van der Waals surface area contributed by atoms with Crippen LogP contribution < -0.4 is 5.32 Å². The minimum absolute atomic E-state index is 0. The molecule has 6 nitrogen and oxygen atoms in total. The normalized spacial score (nSPS) is 11.7. The van der Waals surface area contributed by atoms with E-state index in [0.717, 1.165) is 10.7 Å². The third kappa shape index (κ3) is 6.84. The van der Waals surface area contributed by atoms with Crippen molar-refractivity contribution in [3.8, 4) is 0 Å². The molecular formula is C17H25IN4O2S2. The topological polar surface area (TPSA) is 74.7 Å². The smallest absolute Gasteiger partial charge is 0.194 e. The lowest BCUT2D eigenvalue weighted by atomic mass is 10.4. The molecule has 0 unspecified atom stereocenters. The fourth-order valence-corrected chi connectivity index (χ4v) is 4.03. The summed E-state index contributed by atoms with van der Waals surface area (Å²) in [6, 6.07) is 8.48. The lowest BCUT2D eigenvalue weighted by molar-refractivity contribution is 0.471. The molecule has 2 aromatic rings. The van der Waals surface area contributed by atoms with Gasteiger partial charge in [0.1, 0.15) is 0 Å². The molecule has 0 saturated carbocycles. The van der Waals surface area contributed by atoms with Gasteiger partial charge in [-0.1, -0.05) is 18.2 Å². The highest BCUT2D eigenvalue weighted by Gasteiger charge is 2.14. The zero-order valence-corrected chi connectivity index (χ0v) is 19.1. The van der Waals surface area contributed by atoms with E-state index >= 15 is 0 Å². The van der Waals surface area contributed by atoms with Crippen molar-refractivity contribution in [3.63, 3.8) is 0 Å². The van der Waals surface area contributed by atoms with Crippen LogP contribution in [0.1, 0.15) is 17.6 Å². The van der Waals surface area contributed by atoms with Crippen molar-refractivity contribution in [2.75, 3.05) is 25.9 Å². The van der Waals surface area contributed by atoms with E-state index in [9.17, 15) is 8.42 Å². The first-order valence-electron chi connectivity index (χ1n) is 8.10. The predicted octanol–water partition coefficient (Wildman–Crippen LogP) is 2.94. The molecule has 0 saturated heterocycles. The Kier molecular flexibility index (Phi) is 9.51. The number of rotatable bonds is 7. The van der Waals surface area contributed by atoms with Gasteiger partial charge in [-0.3, -0.25) is 4.99 Å². The lowest BCUT2D eigenvalue weighted by Gasteiger charge is -2.21. The standard InChI is InChI=1S/C17H24N4O2S2.HI/c1-4-18-17(21(3)12-15-13-24-14(2)20-15)19-10-11-25(22,23)16-8-6-5-7-9-16;/h5-9,13H,4,10-12H2,1-3H3,(H,18,19);1H. The Morgan fingerprint density at radius 2 is 2.00 bits per heavy atom. The number of sulfone groups is 1. The maximum absolute atomic E-state index is 12.3. The van der Waals surface area contributed by atoms with Crippen LogP contribution in [0.2, 0.25) is 0 Å². The highest BCUT2D eigenvalue weighted by molar-refractivity contribution is 14.0. The summed E-state index contributed by atoms with van der Waals surface area (Å²) in [5.74, 6) is 0.659. The highest BCUT2D eigenvalue weighted by Crippen LogP contribution is 2.11. The summed E-state index contributed by atoms with van der Waals surface area (Å²) >= 11 is 1.61. The van der Waals surface area contributed by atoms with E-state index in [4.69, 9.17) is 0 Å². The average Bonchev–Trinajstić information content (AvgIpc) is 2.99. The number of nitrogens with zero attached hydrogens (tertiary/aromatic N) is 3. The summed E-state index contributed by atoms with van der Waals surface area (Å²) < 4.78 is 24.6. The first-order chi connectivity index (χ1) is 11.9. The van der Waals surface area contributed by atoms with Crippen LogP contribution >= 0.6 is 35.3 Å². The van der Waals surface area contributed by atoms with Crippen LogP contribution in [0.4, 0.5) is 0 Å². The number of hydrogen-bond acceptors (Lipinski definition) is 5. The molecule has 1 aromatic heterocycles. The minimum atomic E-state index is -3.32. The summed E-state index contributed by atoms with van der Waals surface area (Å²) in [4.78, 5) is 11.2. The van der Waals surface area contributed by atoms with E-state index in [1.165, 1.54) is 0 Å². The fraction of sp³-hybridized carbons (Fsp3) is 0.412. The van der Waals surface area contributed by atoms with Crippen LogP contribution in [0.25, 0.3) is 0 Å². The van der Waals surface area contributed by atoms with Gasteiger partial charge < -0.3 is 10.2 Å². The molecule has 2 rings (SSSR count). The van der Waals surface area contributed by atoms with Gasteiger partial charge in [0.05, 0.1) is 34.4 Å². The maximum Gasteiger partial charge on any atom is 0.194 e. The van der Waals surface area contributed by atoms with Gasteiger partial charge in [0.15, 0.2) is 15.8 Å². The van der Waals surface area contributed by atoms with Crippen molar-refractivity contribution >= 4 is 51.1 Å². The minimum Gasteiger partial charge on any atom is -0.357 e. The number of hydrogen-bond donors (Lipinski definition) is 1. The van der Waals surface area contributed by atoms with Crippen LogP contribution in [0, 0.1) is 6.92 Å². The Morgan fingerprint density at radius 3 is 2.58 bits per heavy atom. The van der Waals surface area contributed by atoms with Crippen molar-refractivity contribution in [1.29, 1.82) is 0 Å². The zero-order valence-electron chi connectivity index (χ0n) is 15.2. The van der Waals surface area contributed by atoms with Crippen LogP contribution in [0.3, 0.4) is 0 Å². The Bertz CT molecular complexity index is 807. The molecule has 0 amide bonds. The van der Waals surface area contributed by atoms with Crippen LogP contribution in [0.15, 0.2) is 45.6 Å². The second-order valence-corrected chi connectivity index (χ2v) is 8.75. The summed E-state index contributed by atoms with van der Waals surface area (Å²) in [6.45, 7) is 5.51. The van der Waals surface area contributed by atoms with Gasteiger partial charge in [0, 0.05) is 19.0 Å². The van der Waals surface area contributed by atoms with Crippen molar-refractivity contribution in [2.45, 2.75) is 25.3 Å². The number of aromatic nitrogens is 1. The lowest BCUT2D eigenvalue weighted by Crippen LogP contribution is -2.38.